The van der Waals surface area contributed by atoms with Gasteiger partial charge < -0.3 is 0 Å². The van der Waals surface area contributed by atoms with E-state index in [4.69, 9.17) is 0 Å². The van der Waals surface area contributed by atoms with E-state index in [2.05, 4.69) is 79.9 Å². The lowest BCUT2D eigenvalue weighted by atomic mass is 9.50. The third-order valence-electron chi connectivity index (χ3n) is 9.87. The minimum atomic E-state index is -1.70. The predicted molar refractivity (Wildman–Crippen MR) is 133 cm³/mol. The van der Waals surface area contributed by atoms with E-state index in [0.29, 0.717) is 11.5 Å². The van der Waals surface area contributed by atoms with Gasteiger partial charge in [0, 0.05) is 5.92 Å². The summed E-state index contributed by atoms with van der Waals surface area (Å²) in [5, 5.41) is 4.78. The number of fused-ring (bicyclic) bond motifs is 2. The second-order valence-electron chi connectivity index (χ2n) is 11.9. The van der Waals surface area contributed by atoms with Gasteiger partial charge in [0.15, 0.2) is 0 Å². The van der Waals surface area contributed by atoms with Crippen LogP contribution < -0.4 is 10.4 Å². The van der Waals surface area contributed by atoms with E-state index in [9.17, 15) is 0 Å². The highest BCUT2D eigenvalue weighted by atomic mass is 28.3. The summed E-state index contributed by atoms with van der Waals surface area (Å²) in [6.07, 6.45) is 24.9. The van der Waals surface area contributed by atoms with E-state index in [-0.39, 0.29) is 0 Å². The third kappa shape index (κ3) is 2.65. The molecule has 0 aromatic heterocycles. The standard InChI is InChI=1S/C30H34Si/c1-31(2,30-27-9-5-3-7-25(27)26-8-4-6-10-28(26)30)24-12-11-21(18-24)29-22-14-19-13-20(16-22)17-23(29)15-19/h3-12,18-20,22-24,27,29H,13-17H2,1-2H3. The number of hydrogen-bond acceptors (Lipinski definition) is 0. The van der Waals surface area contributed by atoms with E-state index in [1.165, 1.54) is 36.5 Å². The van der Waals surface area contributed by atoms with Gasteiger partial charge in [-0.25, -0.2) is 0 Å². The summed E-state index contributed by atoms with van der Waals surface area (Å²) in [6, 6.07) is 9.20. The molecule has 7 aliphatic rings. The molecule has 0 aliphatic heterocycles. The van der Waals surface area contributed by atoms with Crippen molar-refractivity contribution in [3.05, 3.63) is 82.8 Å². The molecule has 1 aromatic rings. The second kappa shape index (κ2) is 6.58. The Bertz CT molecular complexity index is 1160. The third-order valence-corrected chi connectivity index (χ3v) is 13.9. The molecule has 0 N–H and O–H groups in total. The van der Waals surface area contributed by atoms with Crippen molar-refractivity contribution in [2.75, 3.05) is 0 Å². The van der Waals surface area contributed by atoms with Crippen LogP contribution >= 0.6 is 0 Å². The highest BCUT2D eigenvalue weighted by Gasteiger charge is 2.50. The smallest absolute Gasteiger partial charge is 0.0797 e. The van der Waals surface area contributed by atoms with E-state index in [0.717, 1.165) is 29.6 Å². The Balaban J connectivity index is 1.27. The zero-order valence-electron chi connectivity index (χ0n) is 18.9. The maximum Gasteiger partial charge on any atom is 0.0881 e. The summed E-state index contributed by atoms with van der Waals surface area (Å²) in [5.74, 6) is 5.48. The fraction of sp³-hybridized carbons (Fsp3) is 0.467. The van der Waals surface area contributed by atoms with Crippen molar-refractivity contribution >= 4 is 18.8 Å². The number of hydrogen-bond donors (Lipinski definition) is 0. The van der Waals surface area contributed by atoms with Crippen LogP contribution in [0.2, 0.25) is 18.6 Å². The Morgan fingerprint density at radius 3 is 2.23 bits per heavy atom. The highest BCUT2D eigenvalue weighted by Crippen LogP contribution is 2.59. The topological polar surface area (TPSA) is 0 Å². The van der Waals surface area contributed by atoms with Gasteiger partial charge in [0.25, 0.3) is 0 Å². The Morgan fingerprint density at radius 2 is 1.48 bits per heavy atom. The minimum Gasteiger partial charge on any atom is -0.0797 e. The van der Waals surface area contributed by atoms with Gasteiger partial charge in [-0.1, -0.05) is 85.1 Å². The molecule has 0 nitrogen and oxygen atoms in total. The summed E-state index contributed by atoms with van der Waals surface area (Å²) in [5.41, 5.74) is 3.90. The molecule has 0 spiro atoms. The molecule has 158 valence electrons. The van der Waals surface area contributed by atoms with Crippen LogP contribution in [0.15, 0.2) is 72.4 Å². The molecule has 2 unspecified atom stereocenters. The molecule has 2 atom stereocenters. The van der Waals surface area contributed by atoms with Crippen molar-refractivity contribution in [3.8, 4) is 0 Å². The maximum absolute atomic E-state index is 2.76. The Kier molecular flexibility index (Phi) is 3.96. The molecular formula is C30H34Si. The molecule has 7 aliphatic carbocycles. The van der Waals surface area contributed by atoms with E-state index < -0.39 is 8.07 Å². The lowest BCUT2D eigenvalue weighted by molar-refractivity contribution is -0.0194. The van der Waals surface area contributed by atoms with Crippen LogP contribution in [0.1, 0.15) is 32.1 Å². The first-order valence-electron chi connectivity index (χ1n) is 12.7. The summed E-state index contributed by atoms with van der Waals surface area (Å²) < 4.78 is 0. The van der Waals surface area contributed by atoms with Gasteiger partial charge in [0.2, 0.25) is 0 Å². The SMILES string of the molecule is C[Si](C)(C1=c2ccccc2=C2C=CC=CC21)C1C=CC(C2C3CC4CC(C3)CC2C4)=C1. The normalized spacial score (nSPS) is 39.3. The lowest BCUT2D eigenvalue weighted by Gasteiger charge is -2.54. The van der Waals surface area contributed by atoms with E-state index in [1.54, 1.807) is 22.4 Å². The van der Waals surface area contributed by atoms with Gasteiger partial charge in [-0.3, -0.25) is 0 Å². The van der Waals surface area contributed by atoms with Crippen LogP contribution in [0.3, 0.4) is 0 Å². The second-order valence-corrected chi connectivity index (χ2v) is 16.5. The van der Waals surface area contributed by atoms with Gasteiger partial charge in [-0.15, -0.1) is 0 Å². The van der Waals surface area contributed by atoms with Crippen molar-refractivity contribution in [3.63, 3.8) is 0 Å². The van der Waals surface area contributed by atoms with Crippen LogP contribution in [-0.4, -0.2) is 8.07 Å². The fourth-order valence-corrected chi connectivity index (χ4v) is 12.3. The van der Waals surface area contributed by atoms with Crippen LogP contribution in [-0.2, 0) is 0 Å². The molecule has 4 fully saturated rings. The Labute approximate surface area is 187 Å². The molecule has 0 radical (unpaired) electrons. The quantitative estimate of drug-likeness (QED) is 0.530. The average Bonchev–Trinajstić information content (AvgIpc) is 3.37. The van der Waals surface area contributed by atoms with Crippen LogP contribution in [0, 0.1) is 35.5 Å². The van der Waals surface area contributed by atoms with Crippen LogP contribution in [0.5, 0.6) is 0 Å². The fourth-order valence-electron chi connectivity index (χ4n) is 8.79. The van der Waals surface area contributed by atoms with Gasteiger partial charge in [-0.05, 0) is 88.8 Å². The van der Waals surface area contributed by atoms with Crippen LogP contribution in [0.4, 0.5) is 0 Å². The first-order chi connectivity index (χ1) is 15.1. The summed E-state index contributed by atoms with van der Waals surface area (Å²) in [4.78, 5) is 0. The summed E-state index contributed by atoms with van der Waals surface area (Å²) in [7, 11) is -1.70. The molecule has 4 saturated carbocycles. The van der Waals surface area contributed by atoms with Crippen LogP contribution in [0.25, 0.3) is 10.8 Å². The minimum absolute atomic E-state index is 0.496. The molecule has 0 saturated heterocycles. The first-order valence-corrected chi connectivity index (χ1v) is 15.8. The Hall–Kier alpha value is -1.86. The molecular weight excluding hydrogens is 388 g/mol. The molecule has 1 heteroatoms. The van der Waals surface area contributed by atoms with Gasteiger partial charge in [0.1, 0.15) is 0 Å². The molecule has 31 heavy (non-hydrogen) atoms. The van der Waals surface area contributed by atoms with E-state index in [1.807, 2.05) is 0 Å². The van der Waals surface area contributed by atoms with Crippen molar-refractivity contribution in [1.29, 1.82) is 0 Å². The number of benzene rings is 1. The predicted octanol–water partition coefficient (Wildman–Crippen LogP) is 5.93. The largest absolute Gasteiger partial charge is 0.0881 e. The molecule has 4 bridgehead atoms. The summed E-state index contributed by atoms with van der Waals surface area (Å²) >= 11 is 0. The van der Waals surface area contributed by atoms with Crippen molar-refractivity contribution in [1.82, 2.24) is 0 Å². The molecule has 1 aromatic carbocycles. The maximum atomic E-state index is 2.76. The van der Waals surface area contributed by atoms with Gasteiger partial charge in [0.05, 0.1) is 8.07 Å². The van der Waals surface area contributed by atoms with E-state index >= 15 is 0 Å². The zero-order chi connectivity index (χ0) is 20.7. The van der Waals surface area contributed by atoms with Crippen molar-refractivity contribution < 1.29 is 0 Å². The molecule has 0 heterocycles. The monoisotopic (exact) mass is 422 g/mol. The average molecular weight is 423 g/mol. The van der Waals surface area contributed by atoms with Gasteiger partial charge >= 0.3 is 0 Å². The Morgan fingerprint density at radius 1 is 0.774 bits per heavy atom. The number of rotatable bonds is 3. The summed E-state index contributed by atoms with van der Waals surface area (Å²) in [6.45, 7) is 5.28. The van der Waals surface area contributed by atoms with Crippen molar-refractivity contribution in [2.24, 2.45) is 35.5 Å². The van der Waals surface area contributed by atoms with Gasteiger partial charge in [-0.2, -0.15) is 0 Å². The highest BCUT2D eigenvalue weighted by molar-refractivity contribution is 6.95. The molecule has 8 rings (SSSR count). The zero-order valence-corrected chi connectivity index (χ0v) is 19.9. The van der Waals surface area contributed by atoms with Crippen molar-refractivity contribution in [2.45, 2.75) is 50.7 Å². The lowest BCUT2D eigenvalue weighted by Crippen LogP contribution is -2.45. The number of allylic oxidation sites excluding steroid dienone is 8. The molecule has 0 amide bonds. The first kappa shape index (κ1) is 18.7.